The maximum Gasteiger partial charge on any atom is 0.409 e. The molecule has 146 valence electrons. The molecular weight excluding hydrogens is 342 g/mol. The quantitative estimate of drug-likeness (QED) is 0.516. The smallest absolute Gasteiger partial charge is 0.409 e. The van der Waals surface area contributed by atoms with Crippen molar-refractivity contribution in [2.45, 2.75) is 57.1 Å². The van der Waals surface area contributed by atoms with Crippen molar-refractivity contribution in [3.8, 4) is 0 Å². The summed E-state index contributed by atoms with van der Waals surface area (Å²) >= 11 is 0. The van der Waals surface area contributed by atoms with Crippen LogP contribution in [0.25, 0.3) is 0 Å². The molecule has 0 saturated heterocycles. The molecule has 1 atom stereocenters. The number of carbonyl (C=O) groups excluding carboxylic acids is 3. The van der Waals surface area contributed by atoms with Crippen molar-refractivity contribution < 1.29 is 33.7 Å². The van der Waals surface area contributed by atoms with E-state index in [0.717, 1.165) is 37.5 Å². The monoisotopic (exact) mass is 368 g/mol. The van der Waals surface area contributed by atoms with Crippen molar-refractivity contribution in [2.75, 3.05) is 13.9 Å². The van der Waals surface area contributed by atoms with Gasteiger partial charge in [0.05, 0.1) is 18.4 Å². The second kappa shape index (κ2) is 7.42. The molecule has 4 rings (SSSR count). The highest BCUT2D eigenvalue weighted by atomic mass is 16.7. The molecule has 1 unspecified atom stereocenters. The predicted octanol–water partition coefficient (Wildman–Crippen LogP) is 0.583. The third kappa shape index (κ3) is 3.79. The molecule has 0 aromatic heterocycles. The van der Waals surface area contributed by atoms with Crippen molar-refractivity contribution in [3.05, 3.63) is 0 Å². The summed E-state index contributed by atoms with van der Waals surface area (Å²) in [6, 6.07) is -1.51. The Kier molecular flexibility index (Phi) is 5.41. The van der Waals surface area contributed by atoms with Crippen LogP contribution in [0.5, 0.6) is 0 Å². The van der Waals surface area contributed by atoms with E-state index in [-0.39, 0.29) is 6.79 Å². The molecule has 0 aromatic rings. The zero-order valence-electron chi connectivity index (χ0n) is 15.2. The first-order valence-electron chi connectivity index (χ1n) is 9.16. The van der Waals surface area contributed by atoms with Gasteiger partial charge in [0.15, 0.2) is 6.79 Å². The van der Waals surface area contributed by atoms with Crippen molar-refractivity contribution in [2.24, 2.45) is 23.7 Å². The molecule has 0 aliphatic heterocycles. The number of ether oxygens (including phenoxy) is 3. The Balaban J connectivity index is 1.58. The summed E-state index contributed by atoms with van der Waals surface area (Å²) in [7, 11) is 1.33. The zero-order chi connectivity index (χ0) is 18.9. The molecule has 4 bridgehead atoms. The Morgan fingerprint density at radius 3 is 2.19 bits per heavy atom. The van der Waals surface area contributed by atoms with Gasteiger partial charge in [-0.1, -0.05) is 0 Å². The molecule has 4 fully saturated rings. The minimum atomic E-state index is -1.56. The third-order valence-corrected chi connectivity index (χ3v) is 6.35. The van der Waals surface area contributed by atoms with Crippen LogP contribution in [-0.4, -0.2) is 43.6 Å². The molecule has 0 radical (unpaired) electrons. The Morgan fingerprint density at radius 2 is 1.69 bits per heavy atom. The predicted molar refractivity (Wildman–Crippen MR) is 86.4 cm³/mol. The summed E-state index contributed by atoms with van der Waals surface area (Å²) in [5, 5.41) is 13.3. The lowest BCUT2D eigenvalue weighted by Gasteiger charge is -2.59. The summed E-state index contributed by atoms with van der Waals surface area (Å²) in [4.78, 5) is 35.2. The Bertz CT molecular complexity index is 548. The van der Waals surface area contributed by atoms with E-state index >= 15 is 0 Å². The molecular formula is C18H26NO7-. The first-order valence-corrected chi connectivity index (χ1v) is 9.16. The Hall–Kier alpha value is -1.83. The van der Waals surface area contributed by atoms with Crippen LogP contribution >= 0.6 is 0 Å². The van der Waals surface area contributed by atoms with Crippen molar-refractivity contribution in [1.29, 1.82) is 0 Å². The zero-order valence-corrected chi connectivity index (χ0v) is 15.2. The van der Waals surface area contributed by atoms with E-state index in [1.165, 1.54) is 13.5 Å². The van der Waals surface area contributed by atoms with E-state index in [1.54, 1.807) is 0 Å². The number of carbonyl (C=O) groups is 3. The Labute approximate surface area is 152 Å². The molecule has 0 spiro atoms. The van der Waals surface area contributed by atoms with Crippen LogP contribution in [0.2, 0.25) is 0 Å². The van der Waals surface area contributed by atoms with Gasteiger partial charge < -0.3 is 29.4 Å². The molecule has 8 heteroatoms. The van der Waals surface area contributed by atoms with Gasteiger partial charge in [-0.15, -0.1) is 0 Å². The van der Waals surface area contributed by atoms with Crippen molar-refractivity contribution in [1.82, 2.24) is 5.32 Å². The second-order valence-electron chi connectivity index (χ2n) is 8.02. The molecule has 4 aliphatic rings. The summed E-state index contributed by atoms with van der Waals surface area (Å²) in [6.07, 6.45) is 4.09. The van der Waals surface area contributed by atoms with Gasteiger partial charge in [-0.2, -0.15) is 0 Å². The van der Waals surface area contributed by atoms with Crippen LogP contribution in [0.3, 0.4) is 0 Å². The van der Waals surface area contributed by atoms with Crippen LogP contribution in [0, 0.1) is 23.7 Å². The summed E-state index contributed by atoms with van der Waals surface area (Å²) in [5.74, 6) is -0.0600. The molecule has 8 nitrogen and oxygen atoms in total. The van der Waals surface area contributed by atoms with Crippen LogP contribution in [-0.2, 0) is 23.8 Å². The van der Waals surface area contributed by atoms with Crippen LogP contribution in [0.1, 0.15) is 45.4 Å². The lowest BCUT2D eigenvalue weighted by atomic mass is 9.50. The number of nitrogens with one attached hydrogen (secondary N) is 1. The van der Waals surface area contributed by atoms with E-state index < -0.39 is 36.1 Å². The fourth-order valence-corrected chi connectivity index (χ4v) is 5.23. The number of carboxylic acids is 1. The van der Waals surface area contributed by atoms with Gasteiger partial charge in [0, 0.05) is 7.11 Å². The lowest BCUT2D eigenvalue weighted by molar-refractivity contribution is -0.308. The number of hydrogen-bond donors (Lipinski definition) is 1. The highest BCUT2D eigenvalue weighted by Crippen LogP contribution is 2.59. The number of aliphatic carboxylic acids is 1. The van der Waals surface area contributed by atoms with E-state index in [9.17, 15) is 19.5 Å². The molecule has 26 heavy (non-hydrogen) atoms. The van der Waals surface area contributed by atoms with Gasteiger partial charge in [0.2, 0.25) is 0 Å². The van der Waals surface area contributed by atoms with Crippen LogP contribution in [0.15, 0.2) is 0 Å². The maximum atomic E-state index is 12.4. The normalized spacial score (nSPS) is 35.6. The van der Waals surface area contributed by atoms with Gasteiger partial charge in [-0.05, 0) is 62.7 Å². The largest absolute Gasteiger partial charge is 0.548 e. The highest BCUT2D eigenvalue weighted by Gasteiger charge is 2.57. The summed E-state index contributed by atoms with van der Waals surface area (Å²) in [5.41, 5.74) is -0.544. The minimum Gasteiger partial charge on any atom is -0.548 e. The number of carboxylic acid groups (broad SMARTS) is 1. The average molecular weight is 368 g/mol. The standard InChI is InChI=1S/C18H27NO7/c1-18(12-4-10-3-11(6-12)7-13(18)5-10)26-15(20)8-14(16(21)22)19-17(23)25-9-24-2/h10-14H,3-9H2,1-2H3,(H,19,23)(H,21,22)/p-1. The Morgan fingerprint density at radius 1 is 1.12 bits per heavy atom. The maximum absolute atomic E-state index is 12.4. The van der Waals surface area contributed by atoms with Gasteiger partial charge in [-0.3, -0.25) is 4.79 Å². The summed E-state index contributed by atoms with van der Waals surface area (Å²) < 4.78 is 15.0. The van der Waals surface area contributed by atoms with E-state index in [1.807, 2.05) is 6.92 Å². The number of amides is 1. The van der Waals surface area contributed by atoms with Gasteiger partial charge in [0.1, 0.15) is 5.60 Å². The lowest BCUT2D eigenvalue weighted by Crippen LogP contribution is -2.58. The topological polar surface area (TPSA) is 114 Å². The second-order valence-corrected chi connectivity index (χ2v) is 8.02. The van der Waals surface area contributed by atoms with E-state index in [2.05, 4.69) is 14.8 Å². The minimum absolute atomic E-state index is 0.320. The molecule has 1 amide bonds. The third-order valence-electron chi connectivity index (χ3n) is 6.35. The number of alkyl carbamates (subject to hydrolysis) is 1. The van der Waals surface area contributed by atoms with E-state index in [0.29, 0.717) is 11.8 Å². The first-order chi connectivity index (χ1) is 12.3. The highest BCUT2D eigenvalue weighted by molar-refractivity contribution is 5.84. The molecule has 1 N–H and O–H groups in total. The summed E-state index contributed by atoms with van der Waals surface area (Å²) in [6.45, 7) is 1.66. The number of hydrogen-bond acceptors (Lipinski definition) is 7. The molecule has 4 aliphatic carbocycles. The fraction of sp³-hybridized carbons (Fsp3) is 0.833. The van der Waals surface area contributed by atoms with Gasteiger partial charge in [0.25, 0.3) is 0 Å². The van der Waals surface area contributed by atoms with Crippen molar-refractivity contribution in [3.63, 3.8) is 0 Å². The van der Waals surface area contributed by atoms with Crippen molar-refractivity contribution >= 4 is 18.0 Å². The number of methoxy groups -OCH3 is 1. The van der Waals surface area contributed by atoms with Gasteiger partial charge in [-0.25, -0.2) is 4.79 Å². The number of esters is 1. The number of rotatable bonds is 7. The molecule has 0 aromatic carbocycles. The molecule has 4 saturated carbocycles. The van der Waals surface area contributed by atoms with Crippen LogP contribution < -0.4 is 10.4 Å². The van der Waals surface area contributed by atoms with Gasteiger partial charge >= 0.3 is 12.1 Å². The fourth-order valence-electron chi connectivity index (χ4n) is 5.23. The first kappa shape index (κ1) is 18.9. The van der Waals surface area contributed by atoms with E-state index in [4.69, 9.17) is 4.74 Å². The SMILES string of the molecule is COCOC(=O)NC(CC(=O)OC1(C)C2CC3CC(C2)CC1C3)C(=O)[O-]. The molecule has 0 heterocycles. The average Bonchev–Trinajstić information content (AvgIpc) is 2.56. The van der Waals surface area contributed by atoms with Crippen LogP contribution in [0.4, 0.5) is 4.79 Å².